The van der Waals surface area contributed by atoms with Gasteiger partial charge in [-0.1, -0.05) is 11.8 Å². The Balaban J connectivity index is 1.50. The molecule has 0 bridgehead atoms. The van der Waals surface area contributed by atoms with Crippen molar-refractivity contribution in [3.8, 4) is 0 Å². The first-order valence-electron chi connectivity index (χ1n) is 9.67. The molecule has 0 saturated carbocycles. The number of benzene rings is 1. The first-order chi connectivity index (χ1) is 13.4. The number of hydrogen-bond donors (Lipinski definition) is 2. The lowest BCUT2D eigenvalue weighted by Gasteiger charge is -2.27. The lowest BCUT2D eigenvalue weighted by atomic mass is 10.1. The van der Waals surface area contributed by atoms with Gasteiger partial charge in [0, 0.05) is 36.8 Å². The number of piperidine rings is 1. The molecular formula is C20H26N4O3S. The van der Waals surface area contributed by atoms with Crippen molar-refractivity contribution >= 4 is 40.3 Å². The van der Waals surface area contributed by atoms with Crippen LogP contribution in [0.15, 0.2) is 29.3 Å². The SMILES string of the molecule is CC(C)NC(=O)c1ccc(NC(=O)C[C@@H]2SC(N3CCCCC3)=NC2=O)cc1. The van der Waals surface area contributed by atoms with E-state index in [0.29, 0.717) is 11.3 Å². The van der Waals surface area contributed by atoms with Crippen LogP contribution >= 0.6 is 11.8 Å². The zero-order valence-electron chi connectivity index (χ0n) is 16.2. The molecule has 3 rings (SSSR count). The molecule has 7 nitrogen and oxygen atoms in total. The monoisotopic (exact) mass is 402 g/mol. The summed E-state index contributed by atoms with van der Waals surface area (Å²) in [6, 6.07) is 6.77. The molecule has 1 atom stereocenters. The molecule has 2 aliphatic rings. The molecule has 2 heterocycles. The number of aliphatic imine (C=N–C) groups is 1. The zero-order valence-corrected chi connectivity index (χ0v) is 17.1. The first kappa shape index (κ1) is 20.4. The number of rotatable bonds is 5. The number of hydrogen-bond acceptors (Lipinski definition) is 5. The van der Waals surface area contributed by atoms with Gasteiger partial charge in [-0.25, -0.2) is 0 Å². The predicted octanol–water partition coefficient (Wildman–Crippen LogP) is 2.64. The minimum absolute atomic E-state index is 0.0605. The molecule has 8 heteroatoms. The Morgan fingerprint density at radius 2 is 1.86 bits per heavy atom. The van der Waals surface area contributed by atoms with Crippen molar-refractivity contribution in [3.05, 3.63) is 29.8 Å². The van der Waals surface area contributed by atoms with Crippen molar-refractivity contribution in [3.63, 3.8) is 0 Å². The van der Waals surface area contributed by atoms with Crippen molar-refractivity contribution in [1.82, 2.24) is 10.2 Å². The van der Waals surface area contributed by atoms with E-state index in [9.17, 15) is 14.4 Å². The highest BCUT2D eigenvalue weighted by Gasteiger charge is 2.33. The van der Waals surface area contributed by atoms with Crippen LogP contribution in [0.5, 0.6) is 0 Å². The quantitative estimate of drug-likeness (QED) is 0.790. The van der Waals surface area contributed by atoms with Gasteiger partial charge in [-0.05, 0) is 57.4 Å². The Hall–Kier alpha value is -2.35. The molecule has 1 aromatic rings. The van der Waals surface area contributed by atoms with Crippen molar-refractivity contribution < 1.29 is 14.4 Å². The number of likely N-dealkylation sites (tertiary alicyclic amines) is 1. The second-order valence-corrected chi connectivity index (χ2v) is 8.51. The highest BCUT2D eigenvalue weighted by molar-refractivity contribution is 8.15. The van der Waals surface area contributed by atoms with E-state index >= 15 is 0 Å². The number of nitrogens with zero attached hydrogens (tertiary/aromatic N) is 2. The maximum absolute atomic E-state index is 12.3. The largest absolute Gasteiger partial charge is 0.351 e. The molecule has 2 aliphatic heterocycles. The van der Waals surface area contributed by atoms with E-state index in [1.165, 1.54) is 18.2 Å². The van der Waals surface area contributed by atoms with Crippen molar-refractivity contribution in [2.24, 2.45) is 4.99 Å². The van der Waals surface area contributed by atoms with Crippen LogP contribution in [0.2, 0.25) is 0 Å². The third-order valence-electron chi connectivity index (χ3n) is 4.58. The standard InChI is InChI=1S/C20H26N4O3S/c1-13(2)21-18(26)14-6-8-15(9-7-14)22-17(25)12-16-19(27)23-20(28-16)24-10-4-3-5-11-24/h6-9,13,16H,3-5,10-12H2,1-2H3,(H,21,26)(H,22,25)/t16-/m0/s1. The van der Waals surface area contributed by atoms with Crippen LogP contribution in [0.25, 0.3) is 0 Å². The Kier molecular flexibility index (Phi) is 6.72. The Morgan fingerprint density at radius 3 is 2.50 bits per heavy atom. The molecule has 0 spiro atoms. The van der Waals surface area contributed by atoms with Crippen molar-refractivity contribution in [2.75, 3.05) is 18.4 Å². The normalized spacial score (nSPS) is 19.5. The minimum Gasteiger partial charge on any atom is -0.351 e. The lowest BCUT2D eigenvalue weighted by molar-refractivity contribution is -0.121. The average molecular weight is 403 g/mol. The van der Waals surface area contributed by atoms with Gasteiger partial charge in [0.2, 0.25) is 5.91 Å². The van der Waals surface area contributed by atoms with Gasteiger partial charge in [0.05, 0.1) is 0 Å². The van der Waals surface area contributed by atoms with Gasteiger partial charge in [0.25, 0.3) is 11.8 Å². The fourth-order valence-corrected chi connectivity index (χ4v) is 4.28. The van der Waals surface area contributed by atoms with Gasteiger partial charge in [0.15, 0.2) is 5.17 Å². The van der Waals surface area contributed by atoms with E-state index in [4.69, 9.17) is 0 Å². The summed E-state index contributed by atoms with van der Waals surface area (Å²) in [5.41, 5.74) is 1.13. The first-order valence-corrected chi connectivity index (χ1v) is 10.6. The molecule has 150 valence electrons. The van der Waals surface area contributed by atoms with Crippen LogP contribution in [0.1, 0.15) is 49.9 Å². The molecule has 1 fully saturated rings. The summed E-state index contributed by atoms with van der Waals surface area (Å²) in [5.74, 6) is -0.620. The van der Waals surface area contributed by atoms with E-state index in [1.54, 1.807) is 24.3 Å². The number of thioether (sulfide) groups is 1. The van der Waals surface area contributed by atoms with Crippen LogP contribution in [0.3, 0.4) is 0 Å². The Bertz CT molecular complexity index is 770. The van der Waals surface area contributed by atoms with Crippen molar-refractivity contribution in [2.45, 2.75) is 50.8 Å². The minimum atomic E-state index is -0.465. The molecule has 2 N–H and O–H groups in total. The highest BCUT2D eigenvalue weighted by Crippen LogP contribution is 2.29. The molecule has 1 aromatic carbocycles. The van der Waals surface area contributed by atoms with Crippen LogP contribution < -0.4 is 10.6 Å². The molecule has 0 aromatic heterocycles. The fourth-order valence-electron chi connectivity index (χ4n) is 3.16. The van der Waals surface area contributed by atoms with E-state index in [0.717, 1.165) is 31.1 Å². The summed E-state index contributed by atoms with van der Waals surface area (Å²) in [6.45, 7) is 5.65. The van der Waals surface area contributed by atoms with Gasteiger partial charge >= 0.3 is 0 Å². The van der Waals surface area contributed by atoms with Gasteiger partial charge in [-0.2, -0.15) is 4.99 Å². The van der Waals surface area contributed by atoms with E-state index in [-0.39, 0.29) is 30.2 Å². The molecule has 28 heavy (non-hydrogen) atoms. The lowest BCUT2D eigenvalue weighted by Crippen LogP contribution is -2.33. The summed E-state index contributed by atoms with van der Waals surface area (Å²) in [5, 5.41) is 5.90. The second kappa shape index (κ2) is 9.23. The van der Waals surface area contributed by atoms with Crippen LogP contribution in [-0.2, 0) is 9.59 Å². The summed E-state index contributed by atoms with van der Waals surface area (Å²) in [7, 11) is 0. The maximum atomic E-state index is 12.3. The third-order valence-corrected chi connectivity index (χ3v) is 5.79. The second-order valence-electron chi connectivity index (χ2n) is 7.34. The average Bonchev–Trinajstić information content (AvgIpc) is 3.03. The molecule has 1 saturated heterocycles. The third kappa shape index (κ3) is 5.34. The number of anilines is 1. The summed E-state index contributed by atoms with van der Waals surface area (Å²) in [6.07, 6.45) is 3.53. The molecule has 0 aliphatic carbocycles. The number of carbonyl (C=O) groups excluding carboxylic acids is 3. The van der Waals surface area contributed by atoms with E-state index in [2.05, 4.69) is 20.5 Å². The van der Waals surface area contributed by atoms with Gasteiger partial charge in [0.1, 0.15) is 5.25 Å². The van der Waals surface area contributed by atoms with Crippen LogP contribution in [0, 0.1) is 0 Å². The maximum Gasteiger partial charge on any atom is 0.262 e. The van der Waals surface area contributed by atoms with E-state index in [1.807, 2.05) is 13.8 Å². The summed E-state index contributed by atoms with van der Waals surface area (Å²) in [4.78, 5) is 42.8. The van der Waals surface area contributed by atoms with E-state index < -0.39 is 5.25 Å². The Labute approximate surface area is 169 Å². The van der Waals surface area contributed by atoms with Crippen LogP contribution in [-0.4, -0.2) is 52.2 Å². The highest BCUT2D eigenvalue weighted by atomic mass is 32.2. The van der Waals surface area contributed by atoms with Gasteiger partial charge in [-0.3, -0.25) is 14.4 Å². The summed E-state index contributed by atoms with van der Waals surface area (Å²) < 4.78 is 0. The van der Waals surface area contributed by atoms with Crippen molar-refractivity contribution in [1.29, 1.82) is 0 Å². The number of amidine groups is 1. The zero-order chi connectivity index (χ0) is 20.1. The Morgan fingerprint density at radius 1 is 1.18 bits per heavy atom. The molecule has 3 amide bonds. The van der Waals surface area contributed by atoms with Crippen LogP contribution in [0.4, 0.5) is 5.69 Å². The fraction of sp³-hybridized carbons (Fsp3) is 0.500. The smallest absolute Gasteiger partial charge is 0.262 e. The van der Waals surface area contributed by atoms with Gasteiger partial charge in [-0.15, -0.1) is 0 Å². The number of amides is 3. The molecule has 0 radical (unpaired) electrons. The molecule has 0 unspecified atom stereocenters. The number of nitrogens with one attached hydrogen (secondary N) is 2. The summed E-state index contributed by atoms with van der Waals surface area (Å²) >= 11 is 1.39. The predicted molar refractivity (Wildman–Crippen MR) is 112 cm³/mol. The topological polar surface area (TPSA) is 90.9 Å². The number of carbonyl (C=O) groups is 3. The van der Waals surface area contributed by atoms with Gasteiger partial charge < -0.3 is 15.5 Å². The molecular weight excluding hydrogens is 376 g/mol.